The van der Waals surface area contributed by atoms with E-state index in [1.54, 1.807) is 6.07 Å². The number of nitrogens with zero attached hydrogens (tertiary/aromatic N) is 2. The van der Waals surface area contributed by atoms with E-state index in [-0.39, 0.29) is 11.1 Å². The summed E-state index contributed by atoms with van der Waals surface area (Å²) in [7, 11) is 0. The number of H-pyrrole nitrogens is 1. The smallest absolute Gasteiger partial charge is 0.266 e. The maximum atomic E-state index is 11.5. The Balaban J connectivity index is 2.48. The van der Waals surface area contributed by atoms with Gasteiger partial charge in [-0.1, -0.05) is 23.9 Å². The summed E-state index contributed by atoms with van der Waals surface area (Å²) < 4.78 is 0. The maximum Gasteiger partial charge on any atom is 0.266 e. The number of rotatable bonds is 0. The number of thioether (sulfide) groups is 1. The van der Waals surface area contributed by atoms with E-state index in [4.69, 9.17) is 5.26 Å². The van der Waals surface area contributed by atoms with Crippen molar-refractivity contribution in [1.82, 2.24) is 4.98 Å². The zero-order valence-electron chi connectivity index (χ0n) is 8.73. The summed E-state index contributed by atoms with van der Waals surface area (Å²) in [5.41, 5.74) is 0.769. The predicted molar refractivity (Wildman–Crippen MR) is 67.9 cm³/mol. The summed E-state index contributed by atoms with van der Waals surface area (Å²) in [4.78, 5) is 18.6. The molecular weight excluding hydrogens is 234 g/mol. The number of allylic oxidation sites excluding steroid dienone is 1. The van der Waals surface area contributed by atoms with Gasteiger partial charge < -0.3 is 4.98 Å². The molecule has 0 aromatic carbocycles. The van der Waals surface area contributed by atoms with E-state index in [1.165, 1.54) is 11.8 Å². The van der Waals surface area contributed by atoms with Crippen molar-refractivity contribution < 1.29 is 0 Å². The van der Waals surface area contributed by atoms with Crippen LogP contribution in [0.25, 0.3) is 11.0 Å². The molecule has 0 saturated carbocycles. The van der Waals surface area contributed by atoms with Crippen LogP contribution in [0.15, 0.2) is 28.0 Å². The van der Waals surface area contributed by atoms with Gasteiger partial charge in [-0.25, -0.2) is 0 Å². The van der Waals surface area contributed by atoms with Crippen LogP contribution in [0.4, 0.5) is 0 Å². The number of hydrogen-bond donors (Lipinski definition) is 1. The molecule has 3 heterocycles. The van der Waals surface area contributed by atoms with Gasteiger partial charge in [-0.05, 0) is 6.07 Å². The van der Waals surface area contributed by atoms with E-state index >= 15 is 0 Å². The minimum Gasteiger partial charge on any atom is -0.320 e. The van der Waals surface area contributed by atoms with Crippen molar-refractivity contribution in [3.05, 3.63) is 44.7 Å². The van der Waals surface area contributed by atoms with Gasteiger partial charge >= 0.3 is 0 Å². The minimum absolute atomic E-state index is 0.134. The molecule has 3 rings (SSSR count). The Morgan fingerprint density at radius 3 is 3.24 bits per heavy atom. The first-order valence-corrected chi connectivity index (χ1v) is 5.93. The van der Waals surface area contributed by atoms with Crippen LogP contribution >= 0.6 is 11.8 Å². The molecule has 0 saturated heterocycles. The van der Waals surface area contributed by atoms with Gasteiger partial charge in [-0.15, -0.1) is 0 Å². The zero-order chi connectivity index (χ0) is 11.8. The molecule has 0 aliphatic carbocycles. The molecule has 0 amide bonds. The molecule has 5 heteroatoms. The summed E-state index contributed by atoms with van der Waals surface area (Å²) in [5, 5.41) is 13.3. The summed E-state index contributed by atoms with van der Waals surface area (Å²) in [6.45, 7) is 0.684. The topological polar surface area (TPSA) is 69.0 Å². The first kappa shape index (κ1) is 10.1. The van der Waals surface area contributed by atoms with Crippen LogP contribution in [0.3, 0.4) is 0 Å². The lowest BCUT2D eigenvalue weighted by molar-refractivity contribution is 1.14. The van der Waals surface area contributed by atoms with Gasteiger partial charge in [0, 0.05) is 16.2 Å². The van der Waals surface area contributed by atoms with Gasteiger partial charge in [0.25, 0.3) is 5.56 Å². The van der Waals surface area contributed by atoms with Crippen LogP contribution in [0.5, 0.6) is 0 Å². The highest BCUT2D eigenvalue weighted by Gasteiger charge is 2.14. The lowest BCUT2D eigenvalue weighted by Crippen LogP contribution is -2.39. The van der Waals surface area contributed by atoms with Gasteiger partial charge in [0.05, 0.1) is 11.9 Å². The summed E-state index contributed by atoms with van der Waals surface area (Å²) in [5.74, 6) is 0. The van der Waals surface area contributed by atoms with E-state index in [0.717, 1.165) is 21.2 Å². The number of nitrogens with one attached hydrogen (secondary N) is 1. The Morgan fingerprint density at radius 1 is 1.53 bits per heavy atom. The van der Waals surface area contributed by atoms with Crippen molar-refractivity contribution in [2.75, 3.05) is 6.54 Å². The third-order valence-corrected chi connectivity index (χ3v) is 3.55. The van der Waals surface area contributed by atoms with Crippen molar-refractivity contribution in [1.29, 1.82) is 5.26 Å². The van der Waals surface area contributed by atoms with E-state index in [1.807, 2.05) is 23.6 Å². The number of hydrogen-bond acceptors (Lipinski definition) is 4. The SMILES string of the molecule is N#Cc1cc2c([nH]c1=O)=CSC1=NCC=CC=21. The monoisotopic (exact) mass is 241 g/mol. The maximum absolute atomic E-state index is 11.5. The summed E-state index contributed by atoms with van der Waals surface area (Å²) >= 11 is 1.50. The zero-order valence-corrected chi connectivity index (χ0v) is 9.54. The largest absolute Gasteiger partial charge is 0.320 e. The fourth-order valence-electron chi connectivity index (χ4n) is 1.83. The van der Waals surface area contributed by atoms with E-state index in [9.17, 15) is 4.79 Å². The van der Waals surface area contributed by atoms with E-state index in [2.05, 4.69) is 9.98 Å². The third kappa shape index (κ3) is 1.54. The number of aromatic nitrogens is 1. The number of aliphatic imine (C=N–C) groups is 1. The summed E-state index contributed by atoms with van der Waals surface area (Å²) in [6.07, 6.45) is 3.95. The summed E-state index contributed by atoms with van der Waals surface area (Å²) in [6, 6.07) is 3.53. The van der Waals surface area contributed by atoms with Crippen LogP contribution in [0.1, 0.15) is 5.56 Å². The third-order valence-electron chi connectivity index (χ3n) is 2.63. The van der Waals surface area contributed by atoms with Crippen molar-refractivity contribution >= 4 is 27.8 Å². The Labute approximate surface area is 101 Å². The number of nitriles is 1. The second-order valence-electron chi connectivity index (χ2n) is 3.65. The molecule has 0 spiro atoms. The molecule has 4 nitrogen and oxygen atoms in total. The van der Waals surface area contributed by atoms with Gasteiger partial charge in [0.15, 0.2) is 0 Å². The van der Waals surface area contributed by atoms with Gasteiger partial charge in [0.2, 0.25) is 0 Å². The molecule has 0 radical (unpaired) electrons. The Hall–Kier alpha value is -2.06. The van der Waals surface area contributed by atoms with Gasteiger partial charge in [-0.2, -0.15) is 5.26 Å². The molecule has 1 N–H and O–H groups in total. The highest BCUT2D eigenvalue weighted by atomic mass is 32.2. The molecule has 0 bridgehead atoms. The molecule has 0 unspecified atom stereocenters. The van der Waals surface area contributed by atoms with E-state index < -0.39 is 0 Å². The minimum atomic E-state index is -0.344. The molecule has 82 valence electrons. The number of fused-ring (bicyclic) bond motifs is 2. The number of aromatic amines is 1. The van der Waals surface area contributed by atoms with Crippen molar-refractivity contribution in [3.63, 3.8) is 0 Å². The molecule has 1 aromatic rings. The van der Waals surface area contributed by atoms with Gasteiger partial charge in [0.1, 0.15) is 16.7 Å². The molecule has 2 aliphatic rings. The predicted octanol–water partition coefficient (Wildman–Crippen LogP) is -0.150. The number of pyridine rings is 1. The Kier molecular flexibility index (Phi) is 2.23. The molecule has 0 atom stereocenters. The molecular formula is C12H7N3OS. The van der Waals surface area contributed by atoms with Crippen molar-refractivity contribution in [3.8, 4) is 6.07 Å². The lowest BCUT2D eigenvalue weighted by Gasteiger charge is -2.12. The average Bonchev–Trinajstić information content (AvgIpc) is 2.37. The highest BCUT2D eigenvalue weighted by molar-refractivity contribution is 8.21. The molecule has 2 aliphatic heterocycles. The second kappa shape index (κ2) is 3.75. The van der Waals surface area contributed by atoms with E-state index in [0.29, 0.717) is 6.54 Å². The van der Waals surface area contributed by atoms with Crippen LogP contribution in [-0.2, 0) is 0 Å². The molecule has 0 fully saturated rings. The first-order valence-electron chi connectivity index (χ1n) is 5.05. The Morgan fingerprint density at radius 2 is 2.41 bits per heavy atom. The fraction of sp³-hybridized carbons (Fsp3) is 0.0833. The second-order valence-corrected chi connectivity index (χ2v) is 4.51. The Bertz CT molecular complexity index is 777. The van der Waals surface area contributed by atoms with Crippen molar-refractivity contribution in [2.45, 2.75) is 0 Å². The average molecular weight is 241 g/mol. The lowest BCUT2D eigenvalue weighted by atomic mass is 10.1. The van der Waals surface area contributed by atoms with Crippen molar-refractivity contribution in [2.24, 2.45) is 4.99 Å². The standard InChI is InChI=1S/C12H7N3OS/c13-5-7-4-9-8-2-1-3-14-12(8)17-6-10(9)15-11(7)16/h1-2,4,6H,3H2,(H,15,16). The fourth-order valence-corrected chi connectivity index (χ4v) is 2.70. The van der Waals surface area contributed by atoms with Crippen LogP contribution in [0.2, 0.25) is 0 Å². The van der Waals surface area contributed by atoms with Crippen LogP contribution < -0.4 is 16.1 Å². The van der Waals surface area contributed by atoms with Crippen LogP contribution in [0, 0.1) is 11.3 Å². The van der Waals surface area contributed by atoms with Gasteiger partial charge in [-0.3, -0.25) is 9.79 Å². The quantitative estimate of drug-likeness (QED) is 0.687. The highest BCUT2D eigenvalue weighted by Crippen LogP contribution is 2.19. The molecule has 1 aromatic heterocycles. The molecule has 17 heavy (non-hydrogen) atoms. The number of dihydropyridines is 1. The van der Waals surface area contributed by atoms with Crippen LogP contribution in [-0.4, -0.2) is 16.6 Å². The first-order chi connectivity index (χ1) is 8.29. The normalized spacial score (nSPS) is 16.4.